The molecule has 0 saturated heterocycles. The molecule has 2 aromatic carbocycles. The van der Waals surface area contributed by atoms with Crippen molar-refractivity contribution in [1.82, 2.24) is 0 Å². The Balaban J connectivity index is 1.83. The number of hydrogen-bond acceptors (Lipinski definition) is 8. The van der Waals surface area contributed by atoms with Crippen molar-refractivity contribution in [3.05, 3.63) is 51.9 Å². The van der Waals surface area contributed by atoms with Crippen LogP contribution in [0.2, 0.25) is 0 Å². The van der Waals surface area contributed by atoms with Crippen LogP contribution in [-0.4, -0.2) is 32.5 Å². The maximum atomic E-state index is 13.7. The molecule has 5 rings (SSSR count). The molecule has 2 atom stereocenters. The summed E-state index contributed by atoms with van der Waals surface area (Å²) in [6.45, 7) is 5.81. The Kier molecular flexibility index (Phi) is 4.56. The van der Waals surface area contributed by atoms with E-state index in [9.17, 15) is 9.90 Å². The summed E-state index contributed by atoms with van der Waals surface area (Å²) < 4.78 is 34.3. The molecule has 0 spiro atoms. The van der Waals surface area contributed by atoms with Gasteiger partial charge in [-0.2, -0.15) is 0 Å². The molecule has 0 saturated carbocycles. The number of ether oxygens (including phenoxy) is 5. The third kappa shape index (κ3) is 2.76. The Morgan fingerprint density at radius 2 is 1.81 bits per heavy atom. The minimum Gasteiger partial charge on any atom is -0.507 e. The van der Waals surface area contributed by atoms with E-state index < -0.39 is 11.7 Å². The van der Waals surface area contributed by atoms with Gasteiger partial charge in [0.25, 0.3) is 6.29 Å². The van der Waals surface area contributed by atoms with Crippen LogP contribution in [0.4, 0.5) is 0 Å². The van der Waals surface area contributed by atoms with Gasteiger partial charge in [-0.25, -0.2) is 0 Å². The van der Waals surface area contributed by atoms with Gasteiger partial charge in [0.2, 0.25) is 5.43 Å². The predicted molar refractivity (Wildman–Crippen MR) is 116 cm³/mol. The Labute approximate surface area is 183 Å². The van der Waals surface area contributed by atoms with E-state index in [1.807, 2.05) is 6.92 Å². The molecule has 0 fully saturated rings. The zero-order valence-corrected chi connectivity index (χ0v) is 18.1. The third-order valence-electron chi connectivity index (χ3n) is 5.86. The number of methoxy groups -OCH3 is 3. The Hall–Kier alpha value is -3.65. The van der Waals surface area contributed by atoms with Crippen LogP contribution >= 0.6 is 0 Å². The first-order valence-electron chi connectivity index (χ1n) is 10.0. The number of phenols is 1. The maximum Gasteiger partial charge on any atom is 0.259 e. The molecule has 8 nitrogen and oxygen atoms in total. The van der Waals surface area contributed by atoms with Crippen LogP contribution in [-0.2, 0) is 11.2 Å². The topological polar surface area (TPSA) is 96.6 Å². The van der Waals surface area contributed by atoms with Crippen LogP contribution in [0.15, 0.2) is 39.6 Å². The van der Waals surface area contributed by atoms with E-state index in [2.05, 4.69) is 6.58 Å². The number of benzene rings is 2. The Morgan fingerprint density at radius 1 is 1.09 bits per heavy atom. The molecule has 0 unspecified atom stereocenters. The molecule has 32 heavy (non-hydrogen) atoms. The summed E-state index contributed by atoms with van der Waals surface area (Å²) in [5.74, 6) is 1.69. The van der Waals surface area contributed by atoms with E-state index in [4.69, 9.17) is 28.1 Å². The lowest BCUT2D eigenvalue weighted by molar-refractivity contribution is -0.0717. The van der Waals surface area contributed by atoms with Gasteiger partial charge in [0.15, 0.2) is 17.3 Å². The van der Waals surface area contributed by atoms with E-state index in [-0.39, 0.29) is 34.1 Å². The molecule has 8 heteroatoms. The van der Waals surface area contributed by atoms with Crippen molar-refractivity contribution in [1.29, 1.82) is 0 Å². The van der Waals surface area contributed by atoms with Crippen molar-refractivity contribution in [3.8, 4) is 39.9 Å². The van der Waals surface area contributed by atoms with Crippen molar-refractivity contribution in [2.75, 3.05) is 21.3 Å². The summed E-state index contributed by atoms with van der Waals surface area (Å²) in [5, 5.41) is 10.8. The molecule has 166 valence electrons. The fourth-order valence-electron chi connectivity index (χ4n) is 4.24. The SMILES string of the molecule is C=C(C)[C@H]1Cc2c(cc(O)c3c(=O)c4c(oc23)[C@@H](OC)Oc2cc(OC)c(OC)cc2-4)O1. The first kappa shape index (κ1) is 20.3. The van der Waals surface area contributed by atoms with Gasteiger partial charge in [-0.3, -0.25) is 4.79 Å². The van der Waals surface area contributed by atoms with Gasteiger partial charge in [-0.15, -0.1) is 0 Å². The fourth-order valence-corrected chi connectivity index (χ4v) is 4.24. The minimum atomic E-state index is -0.968. The molecule has 3 aromatic rings. The first-order valence-corrected chi connectivity index (χ1v) is 10.0. The molecule has 3 heterocycles. The summed E-state index contributed by atoms with van der Waals surface area (Å²) in [6, 6.07) is 4.72. The second-order valence-corrected chi connectivity index (χ2v) is 7.79. The lowest BCUT2D eigenvalue weighted by Gasteiger charge is -2.27. The van der Waals surface area contributed by atoms with Crippen molar-refractivity contribution in [2.24, 2.45) is 0 Å². The number of rotatable bonds is 4. The molecule has 0 aliphatic carbocycles. The highest BCUT2D eigenvalue weighted by atomic mass is 16.7. The number of fused-ring (bicyclic) bond motifs is 6. The molecule has 1 aromatic heterocycles. The van der Waals surface area contributed by atoms with E-state index >= 15 is 0 Å². The van der Waals surface area contributed by atoms with E-state index in [1.54, 1.807) is 12.1 Å². The van der Waals surface area contributed by atoms with Crippen molar-refractivity contribution >= 4 is 11.0 Å². The van der Waals surface area contributed by atoms with Crippen molar-refractivity contribution < 1.29 is 33.2 Å². The molecule has 1 N–H and O–H groups in total. The van der Waals surface area contributed by atoms with Crippen LogP contribution in [0.1, 0.15) is 24.5 Å². The quantitative estimate of drug-likeness (QED) is 0.608. The largest absolute Gasteiger partial charge is 0.507 e. The number of phenolic OH excluding ortho intramolecular Hbond substituents is 1. The second-order valence-electron chi connectivity index (χ2n) is 7.79. The number of hydrogen-bond donors (Lipinski definition) is 1. The number of aromatic hydroxyl groups is 1. The fraction of sp³-hybridized carbons (Fsp3) is 0.292. The second kappa shape index (κ2) is 7.20. The molecule has 2 aliphatic rings. The van der Waals surface area contributed by atoms with Crippen LogP contribution in [0.25, 0.3) is 22.1 Å². The maximum absolute atomic E-state index is 13.7. The van der Waals surface area contributed by atoms with E-state index in [1.165, 1.54) is 27.4 Å². The minimum absolute atomic E-state index is 0.0750. The molecule has 0 amide bonds. The Morgan fingerprint density at radius 3 is 2.47 bits per heavy atom. The highest BCUT2D eigenvalue weighted by molar-refractivity contribution is 5.93. The summed E-state index contributed by atoms with van der Waals surface area (Å²) in [6.07, 6.45) is -0.753. The zero-order chi connectivity index (χ0) is 22.7. The van der Waals surface area contributed by atoms with Crippen molar-refractivity contribution in [2.45, 2.75) is 25.7 Å². The molecule has 2 aliphatic heterocycles. The average molecular weight is 438 g/mol. The summed E-state index contributed by atoms with van der Waals surface area (Å²) in [7, 11) is 4.47. The highest BCUT2D eigenvalue weighted by Crippen LogP contribution is 2.49. The standard InChI is InChI=1S/C24H22O8/c1-10(2)14-7-12-15(30-14)8-13(25)20-21(26)19-11-6-17(27-3)18(28-4)9-16(11)31-24(29-5)23(19)32-22(12)20/h6,8-9,14,24-25H,1,7H2,2-5H3/t14-,24+/m1/s1. The predicted octanol–water partition coefficient (Wildman–Crippen LogP) is 4.10. The first-order chi connectivity index (χ1) is 15.4. The summed E-state index contributed by atoms with van der Waals surface area (Å²) in [4.78, 5) is 13.7. The lowest BCUT2D eigenvalue weighted by Crippen LogP contribution is -2.21. The van der Waals surface area contributed by atoms with Gasteiger partial charge in [-0.1, -0.05) is 6.58 Å². The van der Waals surface area contributed by atoms with Crippen LogP contribution in [0.3, 0.4) is 0 Å². The van der Waals surface area contributed by atoms with Crippen molar-refractivity contribution in [3.63, 3.8) is 0 Å². The van der Waals surface area contributed by atoms with Crippen LogP contribution < -0.4 is 24.4 Å². The Bertz CT molecular complexity index is 1340. The van der Waals surface area contributed by atoms with Gasteiger partial charge in [0.05, 0.1) is 19.8 Å². The summed E-state index contributed by atoms with van der Waals surface area (Å²) >= 11 is 0. The van der Waals surface area contributed by atoms with Gasteiger partial charge in [-0.05, 0) is 18.6 Å². The van der Waals surface area contributed by atoms with Crippen LogP contribution in [0.5, 0.6) is 28.7 Å². The molecular weight excluding hydrogens is 416 g/mol. The third-order valence-corrected chi connectivity index (χ3v) is 5.86. The zero-order valence-electron chi connectivity index (χ0n) is 18.1. The van der Waals surface area contributed by atoms with Gasteiger partial charge in [0, 0.05) is 36.8 Å². The van der Waals surface area contributed by atoms with Gasteiger partial charge >= 0.3 is 0 Å². The monoisotopic (exact) mass is 438 g/mol. The van der Waals surface area contributed by atoms with Gasteiger partial charge in [0.1, 0.15) is 34.3 Å². The van der Waals surface area contributed by atoms with E-state index in [0.717, 1.165) is 5.57 Å². The molecule has 0 radical (unpaired) electrons. The van der Waals surface area contributed by atoms with E-state index in [0.29, 0.717) is 40.5 Å². The molecular formula is C24H22O8. The normalized spacial score (nSPS) is 18.2. The smallest absolute Gasteiger partial charge is 0.259 e. The van der Waals surface area contributed by atoms with Crippen LogP contribution in [0, 0.1) is 0 Å². The van der Waals surface area contributed by atoms with Gasteiger partial charge < -0.3 is 33.2 Å². The molecule has 0 bridgehead atoms. The average Bonchev–Trinajstić information content (AvgIpc) is 3.21. The highest BCUT2D eigenvalue weighted by Gasteiger charge is 2.36. The lowest BCUT2D eigenvalue weighted by atomic mass is 9.96. The summed E-state index contributed by atoms with van der Waals surface area (Å²) in [5.41, 5.74) is 2.07.